The summed E-state index contributed by atoms with van der Waals surface area (Å²) >= 11 is 0. The second-order valence-corrected chi connectivity index (χ2v) is 4.41. The fourth-order valence-electron chi connectivity index (χ4n) is 1.72. The highest BCUT2D eigenvalue weighted by atomic mass is 16.5. The monoisotopic (exact) mass is 286 g/mol. The molecule has 0 aliphatic heterocycles. The van der Waals surface area contributed by atoms with Crippen molar-refractivity contribution in [2.75, 3.05) is 11.9 Å². The summed E-state index contributed by atoms with van der Waals surface area (Å²) in [5.41, 5.74) is 0.823. The Balaban J connectivity index is 1.94. The van der Waals surface area contributed by atoms with Gasteiger partial charge in [-0.25, -0.2) is 9.78 Å². The third kappa shape index (κ3) is 4.49. The van der Waals surface area contributed by atoms with Crippen LogP contribution in [0.15, 0.2) is 48.7 Å². The number of hydrogen-bond donors (Lipinski definition) is 1. The minimum atomic E-state index is -0.396. The minimum Gasteiger partial charge on any atom is -0.464 e. The lowest BCUT2D eigenvalue weighted by atomic mass is 10.2. The van der Waals surface area contributed by atoms with Crippen molar-refractivity contribution in [2.24, 2.45) is 0 Å². The van der Waals surface area contributed by atoms with Crippen molar-refractivity contribution in [1.82, 2.24) is 4.98 Å². The standard InChI is InChI=1S/C16H18N2O3/c1-3-20-16(19)12(2)18-13-7-9-14(10-8-13)21-15-6-4-5-11-17-15/h4-12,18H,3H2,1-2H3. The first-order chi connectivity index (χ1) is 10.2. The lowest BCUT2D eigenvalue weighted by Gasteiger charge is -2.14. The van der Waals surface area contributed by atoms with Crippen LogP contribution in [-0.2, 0) is 9.53 Å². The highest BCUT2D eigenvalue weighted by Crippen LogP contribution is 2.21. The summed E-state index contributed by atoms with van der Waals surface area (Å²) in [6.45, 7) is 3.92. The van der Waals surface area contributed by atoms with E-state index in [4.69, 9.17) is 9.47 Å². The van der Waals surface area contributed by atoms with Crippen LogP contribution in [0.1, 0.15) is 13.8 Å². The molecule has 1 heterocycles. The van der Waals surface area contributed by atoms with Gasteiger partial charge >= 0.3 is 5.97 Å². The zero-order valence-corrected chi connectivity index (χ0v) is 12.1. The molecule has 1 atom stereocenters. The number of benzene rings is 1. The molecule has 0 radical (unpaired) electrons. The maximum atomic E-state index is 11.5. The molecule has 0 saturated heterocycles. The number of ether oxygens (including phenoxy) is 2. The fourth-order valence-corrected chi connectivity index (χ4v) is 1.72. The molecule has 21 heavy (non-hydrogen) atoms. The summed E-state index contributed by atoms with van der Waals surface area (Å²) in [6.07, 6.45) is 1.67. The fraction of sp³-hybridized carbons (Fsp3) is 0.250. The summed E-state index contributed by atoms with van der Waals surface area (Å²) in [5.74, 6) is 0.951. The van der Waals surface area contributed by atoms with Crippen LogP contribution < -0.4 is 10.1 Å². The second kappa shape index (κ2) is 7.28. The maximum Gasteiger partial charge on any atom is 0.328 e. The van der Waals surface area contributed by atoms with Gasteiger partial charge < -0.3 is 14.8 Å². The van der Waals surface area contributed by atoms with Gasteiger partial charge in [-0.05, 0) is 44.2 Å². The van der Waals surface area contributed by atoms with Gasteiger partial charge in [0.1, 0.15) is 11.8 Å². The molecule has 1 unspecified atom stereocenters. The van der Waals surface area contributed by atoms with Crippen LogP contribution >= 0.6 is 0 Å². The molecule has 0 bridgehead atoms. The molecule has 0 amide bonds. The van der Waals surface area contributed by atoms with E-state index in [-0.39, 0.29) is 5.97 Å². The van der Waals surface area contributed by atoms with Crippen LogP contribution in [0, 0.1) is 0 Å². The summed E-state index contributed by atoms with van der Waals surface area (Å²) in [4.78, 5) is 15.6. The SMILES string of the molecule is CCOC(=O)C(C)Nc1ccc(Oc2ccccn2)cc1. The number of pyridine rings is 1. The van der Waals surface area contributed by atoms with Crippen molar-refractivity contribution in [3.8, 4) is 11.6 Å². The van der Waals surface area contributed by atoms with E-state index in [1.807, 2.05) is 36.4 Å². The van der Waals surface area contributed by atoms with Crippen molar-refractivity contribution in [3.63, 3.8) is 0 Å². The molecule has 0 spiro atoms. The second-order valence-electron chi connectivity index (χ2n) is 4.41. The van der Waals surface area contributed by atoms with E-state index in [0.29, 0.717) is 18.2 Å². The minimum absolute atomic E-state index is 0.272. The topological polar surface area (TPSA) is 60.5 Å². The van der Waals surface area contributed by atoms with Crippen LogP contribution in [0.2, 0.25) is 0 Å². The van der Waals surface area contributed by atoms with E-state index in [0.717, 1.165) is 5.69 Å². The van der Waals surface area contributed by atoms with E-state index in [1.54, 1.807) is 26.1 Å². The molecule has 0 aliphatic rings. The Morgan fingerprint density at radius 1 is 1.24 bits per heavy atom. The third-order valence-electron chi connectivity index (χ3n) is 2.74. The average Bonchev–Trinajstić information content (AvgIpc) is 2.50. The van der Waals surface area contributed by atoms with Gasteiger partial charge in [0.05, 0.1) is 6.61 Å². The molecule has 1 N–H and O–H groups in total. The zero-order valence-electron chi connectivity index (χ0n) is 12.1. The van der Waals surface area contributed by atoms with Crippen molar-refractivity contribution in [1.29, 1.82) is 0 Å². The van der Waals surface area contributed by atoms with E-state index in [1.165, 1.54) is 0 Å². The Morgan fingerprint density at radius 3 is 2.62 bits per heavy atom. The van der Waals surface area contributed by atoms with Gasteiger partial charge in [0.2, 0.25) is 5.88 Å². The van der Waals surface area contributed by atoms with E-state index in [2.05, 4.69) is 10.3 Å². The van der Waals surface area contributed by atoms with Crippen LogP contribution in [0.5, 0.6) is 11.6 Å². The molecule has 2 rings (SSSR count). The number of carbonyl (C=O) groups is 1. The molecule has 1 aromatic heterocycles. The van der Waals surface area contributed by atoms with Gasteiger partial charge in [-0.2, -0.15) is 0 Å². The molecule has 0 aliphatic carbocycles. The Morgan fingerprint density at radius 2 is 2.00 bits per heavy atom. The summed E-state index contributed by atoms with van der Waals surface area (Å²) in [6, 6.07) is 12.4. The Labute approximate surface area is 123 Å². The lowest BCUT2D eigenvalue weighted by Crippen LogP contribution is -2.28. The summed E-state index contributed by atoms with van der Waals surface area (Å²) in [7, 11) is 0. The highest BCUT2D eigenvalue weighted by molar-refractivity contribution is 5.78. The average molecular weight is 286 g/mol. The van der Waals surface area contributed by atoms with Crippen molar-refractivity contribution >= 4 is 11.7 Å². The molecule has 5 nitrogen and oxygen atoms in total. The van der Waals surface area contributed by atoms with E-state index < -0.39 is 6.04 Å². The number of nitrogens with zero attached hydrogens (tertiary/aromatic N) is 1. The largest absolute Gasteiger partial charge is 0.464 e. The van der Waals surface area contributed by atoms with Gasteiger partial charge in [0, 0.05) is 18.0 Å². The molecule has 110 valence electrons. The number of anilines is 1. The van der Waals surface area contributed by atoms with Gasteiger partial charge in [-0.3, -0.25) is 0 Å². The molecular weight excluding hydrogens is 268 g/mol. The number of rotatable bonds is 6. The number of hydrogen-bond acceptors (Lipinski definition) is 5. The van der Waals surface area contributed by atoms with Crippen LogP contribution in [-0.4, -0.2) is 23.6 Å². The zero-order chi connectivity index (χ0) is 15.1. The maximum absolute atomic E-state index is 11.5. The third-order valence-corrected chi connectivity index (χ3v) is 2.74. The van der Waals surface area contributed by atoms with Crippen LogP contribution in [0.25, 0.3) is 0 Å². The summed E-state index contributed by atoms with van der Waals surface area (Å²) in [5, 5.41) is 3.07. The van der Waals surface area contributed by atoms with Gasteiger partial charge in [-0.15, -0.1) is 0 Å². The Hall–Kier alpha value is -2.56. The molecule has 0 fully saturated rings. The number of carbonyl (C=O) groups excluding carboxylic acids is 1. The lowest BCUT2D eigenvalue weighted by molar-refractivity contribution is -0.143. The normalized spacial score (nSPS) is 11.5. The first kappa shape index (κ1) is 14.8. The number of aromatic nitrogens is 1. The van der Waals surface area contributed by atoms with E-state index >= 15 is 0 Å². The highest BCUT2D eigenvalue weighted by Gasteiger charge is 2.13. The molecule has 0 saturated carbocycles. The van der Waals surface area contributed by atoms with Gasteiger partial charge in [0.25, 0.3) is 0 Å². The van der Waals surface area contributed by atoms with Crippen molar-refractivity contribution < 1.29 is 14.3 Å². The van der Waals surface area contributed by atoms with Crippen LogP contribution in [0.3, 0.4) is 0 Å². The number of nitrogens with one attached hydrogen (secondary N) is 1. The first-order valence-corrected chi connectivity index (χ1v) is 6.81. The quantitative estimate of drug-likeness (QED) is 0.826. The molecular formula is C16H18N2O3. The first-order valence-electron chi connectivity index (χ1n) is 6.81. The predicted octanol–water partition coefficient (Wildman–Crippen LogP) is 3.24. The predicted molar refractivity (Wildman–Crippen MR) is 80.5 cm³/mol. The molecule has 5 heteroatoms. The smallest absolute Gasteiger partial charge is 0.328 e. The van der Waals surface area contributed by atoms with Crippen LogP contribution in [0.4, 0.5) is 5.69 Å². The van der Waals surface area contributed by atoms with E-state index in [9.17, 15) is 4.79 Å². The Kier molecular flexibility index (Phi) is 5.15. The van der Waals surface area contributed by atoms with Crippen molar-refractivity contribution in [3.05, 3.63) is 48.7 Å². The Bertz CT molecular complexity index is 570. The van der Waals surface area contributed by atoms with Crippen molar-refractivity contribution in [2.45, 2.75) is 19.9 Å². The van der Waals surface area contributed by atoms with Gasteiger partial charge in [0.15, 0.2) is 0 Å². The van der Waals surface area contributed by atoms with Gasteiger partial charge in [-0.1, -0.05) is 6.07 Å². The number of esters is 1. The summed E-state index contributed by atoms with van der Waals surface area (Å²) < 4.78 is 10.5. The molecule has 1 aromatic carbocycles. The molecule has 2 aromatic rings.